The summed E-state index contributed by atoms with van der Waals surface area (Å²) in [6.07, 6.45) is 2.57. The molecule has 0 saturated carbocycles. The van der Waals surface area contributed by atoms with Gasteiger partial charge in [-0.05, 0) is 25.1 Å². The number of rotatable bonds is 1. The molecule has 2 heterocycles. The second-order valence-electron chi connectivity index (χ2n) is 5.30. The van der Waals surface area contributed by atoms with Crippen molar-refractivity contribution in [1.82, 2.24) is 10.2 Å². The second kappa shape index (κ2) is 4.22. The molecular weight excluding hydrogens is 238 g/mol. The predicted octanol–water partition coefficient (Wildman–Crippen LogP) is 1.37. The Morgan fingerprint density at radius 1 is 1.42 bits per heavy atom. The summed E-state index contributed by atoms with van der Waals surface area (Å²) in [6.45, 7) is 0.605. The number of amides is 1. The SMILES string of the molecule is CN1C[C@]2(C=C(c3ccccc3)NC2=O)C[C@H]1C#N. The van der Waals surface area contributed by atoms with E-state index < -0.39 is 5.41 Å². The summed E-state index contributed by atoms with van der Waals surface area (Å²) in [6, 6.07) is 11.9. The predicted molar refractivity (Wildman–Crippen MR) is 71.6 cm³/mol. The lowest BCUT2D eigenvalue weighted by molar-refractivity contribution is -0.125. The number of nitrogens with one attached hydrogen (secondary N) is 1. The van der Waals surface area contributed by atoms with Crippen molar-refractivity contribution in [1.29, 1.82) is 5.26 Å². The highest BCUT2D eigenvalue weighted by atomic mass is 16.2. The molecule has 1 aromatic rings. The average molecular weight is 253 g/mol. The third kappa shape index (κ3) is 1.83. The summed E-state index contributed by atoms with van der Waals surface area (Å²) >= 11 is 0. The Balaban J connectivity index is 1.95. The minimum absolute atomic E-state index is 0.0101. The average Bonchev–Trinajstić information content (AvgIpc) is 2.92. The zero-order chi connectivity index (χ0) is 13.5. The first-order chi connectivity index (χ1) is 9.14. The van der Waals surface area contributed by atoms with Crippen molar-refractivity contribution in [3.63, 3.8) is 0 Å². The molecule has 0 bridgehead atoms. The maximum Gasteiger partial charge on any atom is 0.235 e. The van der Waals surface area contributed by atoms with Gasteiger partial charge in [0.1, 0.15) is 0 Å². The minimum Gasteiger partial charge on any atom is -0.325 e. The largest absolute Gasteiger partial charge is 0.325 e. The number of benzene rings is 1. The van der Waals surface area contributed by atoms with Gasteiger partial charge in [0.25, 0.3) is 0 Å². The zero-order valence-electron chi connectivity index (χ0n) is 10.8. The van der Waals surface area contributed by atoms with Crippen LogP contribution >= 0.6 is 0 Å². The van der Waals surface area contributed by atoms with E-state index in [1.165, 1.54) is 0 Å². The van der Waals surface area contributed by atoms with E-state index in [0.717, 1.165) is 11.3 Å². The smallest absolute Gasteiger partial charge is 0.235 e. The summed E-state index contributed by atoms with van der Waals surface area (Å²) in [5.41, 5.74) is 1.33. The fourth-order valence-corrected chi connectivity index (χ4v) is 2.93. The van der Waals surface area contributed by atoms with Gasteiger partial charge >= 0.3 is 0 Å². The first-order valence-corrected chi connectivity index (χ1v) is 6.34. The number of hydrogen-bond acceptors (Lipinski definition) is 3. The summed E-state index contributed by atoms with van der Waals surface area (Å²) in [5.74, 6) is 0.0101. The normalized spacial score (nSPS) is 30.2. The summed E-state index contributed by atoms with van der Waals surface area (Å²) < 4.78 is 0. The number of likely N-dealkylation sites (tertiary alicyclic amines) is 1. The highest BCUT2D eigenvalue weighted by molar-refractivity contribution is 5.99. The Bertz CT molecular complexity index is 587. The van der Waals surface area contributed by atoms with Gasteiger partial charge in [0, 0.05) is 12.2 Å². The Morgan fingerprint density at radius 2 is 2.16 bits per heavy atom. The van der Waals surface area contributed by atoms with Crippen LogP contribution in [0, 0.1) is 16.7 Å². The highest BCUT2D eigenvalue weighted by Crippen LogP contribution is 2.41. The first-order valence-electron chi connectivity index (χ1n) is 6.34. The quantitative estimate of drug-likeness (QED) is 0.822. The van der Waals surface area contributed by atoms with Crippen molar-refractivity contribution < 1.29 is 4.79 Å². The standard InChI is InChI=1S/C15H15N3O/c1-18-10-15(7-12(18)9-16)8-13(17-14(15)19)11-5-3-2-4-6-11/h2-6,8,12H,7,10H2,1H3,(H,17,19)/t12-,15+/m0/s1. The molecule has 0 radical (unpaired) electrons. The van der Waals surface area contributed by atoms with Gasteiger partial charge in [-0.1, -0.05) is 30.3 Å². The lowest BCUT2D eigenvalue weighted by Gasteiger charge is -2.16. The van der Waals surface area contributed by atoms with Crippen molar-refractivity contribution in [3.05, 3.63) is 42.0 Å². The molecule has 1 spiro atoms. The van der Waals surface area contributed by atoms with Gasteiger partial charge in [-0.25, -0.2) is 0 Å². The molecule has 1 saturated heterocycles. The molecular formula is C15H15N3O. The highest BCUT2D eigenvalue weighted by Gasteiger charge is 2.50. The third-order valence-electron chi connectivity index (χ3n) is 3.98. The number of hydrogen-bond donors (Lipinski definition) is 1. The third-order valence-corrected chi connectivity index (χ3v) is 3.98. The van der Waals surface area contributed by atoms with Crippen LogP contribution in [-0.2, 0) is 4.79 Å². The summed E-state index contributed by atoms with van der Waals surface area (Å²) in [4.78, 5) is 14.2. The molecule has 2 aliphatic heterocycles. The van der Waals surface area contributed by atoms with Crippen LogP contribution in [0.1, 0.15) is 12.0 Å². The van der Waals surface area contributed by atoms with E-state index in [-0.39, 0.29) is 11.9 Å². The molecule has 0 aliphatic carbocycles. The van der Waals surface area contributed by atoms with Crippen LogP contribution in [0.25, 0.3) is 5.70 Å². The Kier molecular flexibility index (Phi) is 2.65. The van der Waals surface area contributed by atoms with Gasteiger partial charge in [-0.2, -0.15) is 5.26 Å². The van der Waals surface area contributed by atoms with Crippen molar-refractivity contribution in [2.24, 2.45) is 5.41 Å². The van der Waals surface area contributed by atoms with E-state index in [4.69, 9.17) is 5.26 Å². The van der Waals surface area contributed by atoms with Gasteiger partial charge < -0.3 is 5.32 Å². The molecule has 1 N–H and O–H groups in total. The van der Waals surface area contributed by atoms with Gasteiger partial charge in [-0.15, -0.1) is 0 Å². The van der Waals surface area contributed by atoms with E-state index in [0.29, 0.717) is 13.0 Å². The maximum atomic E-state index is 12.3. The molecule has 0 aromatic heterocycles. The molecule has 1 fully saturated rings. The van der Waals surface area contributed by atoms with E-state index >= 15 is 0 Å². The van der Waals surface area contributed by atoms with Crippen molar-refractivity contribution in [3.8, 4) is 6.07 Å². The lowest BCUT2D eigenvalue weighted by Crippen LogP contribution is -2.34. The van der Waals surface area contributed by atoms with Gasteiger partial charge in [0.05, 0.1) is 17.5 Å². The zero-order valence-corrected chi connectivity index (χ0v) is 10.8. The van der Waals surface area contributed by atoms with Crippen LogP contribution in [0.2, 0.25) is 0 Å². The molecule has 1 amide bonds. The van der Waals surface area contributed by atoms with Gasteiger partial charge in [-0.3, -0.25) is 9.69 Å². The molecule has 96 valence electrons. The number of nitriles is 1. The number of carbonyl (C=O) groups excluding carboxylic acids is 1. The summed E-state index contributed by atoms with van der Waals surface area (Å²) in [7, 11) is 1.89. The molecule has 4 nitrogen and oxygen atoms in total. The first kappa shape index (κ1) is 11.9. The Hall–Kier alpha value is -2.12. The van der Waals surface area contributed by atoms with Crippen LogP contribution in [0.4, 0.5) is 0 Å². The second-order valence-corrected chi connectivity index (χ2v) is 5.30. The minimum atomic E-state index is -0.541. The van der Waals surface area contributed by atoms with Crippen LogP contribution in [0.15, 0.2) is 36.4 Å². The van der Waals surface area contributed by atoms with E-state index in [9.17, 15) is 4.79 Å². The molecule has 2 atom stereocenters. The Labute approximate surface area is 112 Å². The van der Waals surface area contributed by atoms with E-state index in [2.05, 4.69) is 11.4 Å². The van der Waals surface area contributed by atoms with E-state index in [1.807, 2.05) is 48.4 Å². The van der Waals surface area contributed by atoms with Crippen molar-refractivity contribution in [2.45, 2.75) is 12.5 Å². The fraction of sp³-hybridized carbons (Fsp3) is 0.333. The topological polar surface area (TPSA) is 56.1 Å². The van der Waals surface area contributed by atoms with Crippen molar-refractivity contribution in [2.75, 3.05) is 13.6 Å². The van der Waals surface area contributed by atoms with E-state index in [1.54, 1.807) is 0 Å². The Morgan fingerprint density at radius 3 is 2.79 bits per heavy atom. The van der Waals surface area contributed by atoms with Gasteiger partial charge in [0.2, 0.25) is 5.91 Å². The van der Waals surface area contributed by atoms with Gasteiger partial charge in [0.15, 0.2) is 0 Å². The number of carbonyl (C=O) groups is 1. The molecule has 0 unspecified atom stereocenters. The maximum absolute atomic E-state index is 12.3. The number of nitrogens with zero attached hydrogens (tertiary/aromatic N) is 2. The monoisotopic (exact) mass is 253 g/mol. The van der Waals surface area contributed by atoms with Crippen LogP contribution in [0.3, 0.4) is 0 Å². The molecule has 4 heteroatoms. The molecule has 3 rings (SSSR count). The lowest BCUT2D eigenvalue weighted by atomic mass is 9.86. The molecule has 1 aromatic carbocycles. The van der Waals surface area contributed by atoms with Crippen LogP contribution < -0.4 is 5.32 Å². The van der Waals surface area contributed by atoms with Crippen LogP contribution in [0.5, 0.6) is 0 Å². The van der Waals surface area contributed by atoms with Crippen LogP contribution in [-0.4, -0.2) is 30.4 Å². The fourth-order valence-electron chi connectivity index (χ4n) is 2.93. The molecule has 19 heavy (non-hydrogen) atoms. The van der Waals surface area contributed by atoms with Crippen molar-refractivity contribution >= 4 is 11.6 Å². The molecule has 2 aliphatic rings. The summed E-state index contributed by atoms with van der Waals surface area (Å²) in [5, 5.41) is 12.1.